The van der Waals surface area contributed by atoms with Gasteiger partial charge < -0.3 is 15.4 Å². The Morgan fingerprint density at radius 2 is 2.18 bits per heavy atom. The molecule has 1 aromatic heterocycles. The molecule has 0 unspecified atom stereocenters. The fraction of sp³-hybridized carbons (Fsp3) is 0.200. The molecule has 0 fully saturated rings. The van der Waals surface area contributed by atoms with Gasteiger partial charge in [-0.05, 0) is 46.9 Å². The van der Waals surface area contributed by atoms with E-state index < -0.39 is 0 Å². The Hall–Kier alpha value is -1.74. The molecule has 0 aliphatic carbocycles. The van der Waals surface area contributed by atoms with Gasteiger partial charge >= 0.3 is 0 Å². The van der Waals surface area contributed by atoms with Gasteiger partial charge in [-0.15, -0.1) is 0 Å². The SMILES string of the molecule is COCCNC(=O)c1ccncc1Nc1ccc(I)cc1F. The van der Waals surface area contributed by atoms with E-state index in [1.54, 1.807) is 25.3 Å². The van der Waals surface area contributed by atoms with E-state index in [9.17, 15) is 9.18 Å². The molecule has 2 aromatic rings. The summed E-state index contributed by atoms with van der Waals surface area (Å²) in [5.74, 6) is -0.658. The fourth-order valence-corrected chi connectivity index (χ4v) is 2.24. The van der Waals surface area contributed by atoms with Gasteiger partial charge in [-0.1, -0.05) is 0 Å². The first-order valence-electron chi connectivity index (χ1n) is 6.55. The number of carbonyl (C=O) groups is 1. The summed E-state index contributed by atoms with van der Waals surface area (Å²) in [5, 5.41) is 5.63. The minimum atomic E-state index is -0.388. The smallest absolute Gasteiger partial charge is 0.253 e. The number of methoxy groups -OCH3 is 1. The van der Waals surface area contributed by atoms with Gasteiger partial charge in [-0.3, -0.25) is 9.78 Å². The Labute approximate surface area is 141 Å². The highest BCUT2D eigenvalue weighted by Crippen LogP contribution is 2.23. The van der Waals surface area contributed by atoms with Crippen molar-refractivity contribution >= 4 is 39.9 Å². The molecule has 0 radical (unpaired) electrons. The molecule has 2 rings (SSSR count). The van der Waals surface area contributed by atoms with Crippen molar-refractivity contribution in [1.29, 1.82) is 0 Å². The van der Waals surface area contributed by atoms with Crippen molar-refractivity contribution in [2.75, 3.05) is 25.6 Å². The van der Waals surface area contributed by atoms with Gasteiger partial charge in [-0.25, -0.2) is 4.39 Å². The first-order valence-corrected chi connectivity index (χ1v) is 7.63. The Balaban J connectivity index is 2.19. The summed E-state index contributed by atoms with van der Waals surface area (Å²) in [4.78, 5) is 16.1. The molecule has 1 aromatic carbocycles. The van der Waals surface area contributed by atoms with E-state index in [1.807, 2.05) is 22.6 Å². The number of nitrogens with zero attached hydrogens (tertiary/aromatic N) is 1. The van der Waals surface area contributed by atoms with Crippen molar-refractivity contribution in [3.63, 3.8) is 0 Å². The average Bonchev–Trinajstić information content (AvgIpc) is 2.51. The van der Waals surface area contributed by atoms with Crippen LogP contribution in [0.4, 0.5) is 15.8 Å². The highest BCUT2D eigenvalue weighted by Gasteiger charge is 2.12. The number of benzene rings is 1. The lowest BCUT2D eigenvalue weighted by Crippen LogP contribution is -2.27. The van der Waals surface area contributed by atoms with Crippen molar-refractivity contribution in [3.8, 4) is 0 Å². The third kappa shape index (κ3) is 4.38. The van der Waals surface area contributed by atoms with Gasteiger partial charge in [0.25, 0.3) is 5.91 Å². The lowest BCUT2D eigenvalue weighted by Gasteiger charge is -2.12. The monoisotopic (exact) mass is 415 g/mol. The number of pyridine rings is 1. The van der Waals surface area contributed by atoms with Gasteiger partial charge in [0.15, 0.2) is 0 Å². The number of ether oxygens (including phenoxy) is 1. The van der Waals surface area contributed by atoms with Crippen LogP contribution in [0.25, 0.3) is 0 Å². The van der Waals surface area contributed by atoms with Crippen LogP contribution in [0.5, 0.6) is 0 Å². The summed E-state index contributed by atoms with van der Waals surface area (Å²) in [7, 11) is 1.56. The van der Waals surface area contributed by atoms with E-state index in [-0.39, 0.29) is 11.7 Å². The molecule has 7 heteroatoms. The number of amides is 1. The maximum absolute atomic E-state index is 13.9. The number of carbonyl (C=O) groups excluding carboxylic acids is 1. The summed E-state index contributed by atoms with van der Waals surface area (Å²) in [5.41, 5.74) is 1.13. The van der Waals surface area contributed by atoms with E-state index in [2.05, 4.69) is 15.6 Å². The van der Waals surface area contributed by atoms with Crippen molar-refractivity contribution in [2.45, 2.75) is 0 Å². The van der Waals surface area contributed by atoms with E-state index in [1.165, 1.54) is 18.5 Å². The van der Waals surface area contributed by atoms with Crippen molar-refractivity contribution in [3.05, 3.63) is 51.6 Å². The normalized spacial score (nSPS) is 10.3. The molecule has 22 heavy (non-hydrogen) atoms. The number of hydrogen-bond acceptors (Lipinski definition) is 4. The van der Waals surface area contributed by atoms with Crippen molar-refractivity contribution < 1.29 is 13.9 Å². The highest BCUT2D eigenvalue weighted by atomic mass is 127. The van der Waals surface area contributed by atoms with Crippen LogP contribution in [-0.4, -0.2) is 31.2 Å². The summed E-state index contributed by atoms with van der Waals surface area (Å²) in [6.45, 7) is 0.820. The van der Waals surface area contributed by atoms with Crippen LogP contribution < -0.4 is 10.6 Å². The molecule has 0 aliphatic rings. The van der Waals surface area contributed by atoms with Crippen LogP contribution in [0, 0.1) is 9.39 Å². The predicted molar refractivity (Wildman–Crippen MR) is 90.8 cm³/mol. The van der Waals surface area contributed by atoms with E-state index >= 15 is 0 Å². The van der Waals surface area contributed by atoms with Gasteiger partial charge in [0.1, 0.15) is 5.82 Å². The standard InChI is InChI=1S/C15H15FIN3O2/c1-22-7-6-19-15(21)11-4-5-18-9-14(11)20-13-3-2-10(17)8-12(13)16/h2-5,8-9,20H,6-7H2,1H3,(H,19,21). The van der Waals surface area contributed by atoms with Gasteiger partial charge in [0, 0.05) is 23.4 Å². The number of rotatable bonds is 6. The molecule has 0 atom stereocenters. The molecule has 1 heterocycles. The maximum Gasteiger partial charge on any atom is 0.253 e. The first-order chi connectivity index (χ1) is 10.6. The molecule has 0 bridgehead atoms. The quantitative estimate of drug-likeness (QED) is 0.563. The van der Waals surface area contributed by atoms with Crippen LogP contribution in [0.3, 0.4) is 0 Å². The third-order valence-electron chi connectivity index (χ3n) is 2.86. The van der Waals surface area contributed by atoms with Crippen molar-refractivity contribution in [1.82, 2.24) is 10.3 Å². The molecule has 0 spiro atoms. The highest BCUT2D eigenvalue weighted by molar-refractivity contribution is 14.1. The second kappa shape index (κ2) is 8.04. The third-order valence-corrected chi connectivity index (χ3v) is 3.53. The van der Waals surface area contributed by atoms with Crippen LogP contribution in [-0.2, 0) is 4.74 Å². The second-order valence-corrected chi connectivity index (χ2v) is 5.66. The summed E-state index contributed by atoms with van der Waals surface area (Å²) >= 11 is 2.03. The van der Waals surface area contributed by atoms with Gasteiger partial charge in [0.05, 0.1) is 29.7 Å². The molecule has 116 valence electrons. The number of aromatic nitrogens is 1. The predicted octanol–water partition coefficient (Wildman–Crippen LogP) is 2.95. The van der Waals surface area contributed by atoms with Crippen LogP contribution in [0.15, 0.2) is 36.7 Å². The molecule has 0 saturated heterocycles. The zero-order valence-electron chi connectivity index (χ0n) is 11.9. The van der Waals surface area contributed by atoms with Crippen LogP contribution in [0.2, 0.25) is 0 Å². The average molecular weight is 415 g/mol. The molecule has 1 amide bonds. The Morgan fingerprint density at radius 1 is 1.36 bits per heavy atom. The molecular weight excluding hydrogens is 400 g/mol. The topological polar surface area (TPSA) is 63.2 Å². The molecule has 5 nitrogen and oxygen atoms in total. The second-order valence-electron chi connectivity index (χ2n) is 4.42. The maximum atomic E-state index is 13.9. The Kier molecular flexibility index (Phi) is 6.08. The molecule has 0 saturated carbocycles. The number of hydrogen-bond donors (Lipinski definition) is 2. The number of halogens is 2. The summed E-state index contributed by atoms with van der Waals surface area (Å²) < 4.78 is 19.6. The molecular formula is C15H15FIN3O2. The number of anilines is 2. The van der Waals surface area contributed by atoms with Gasteiger partial charge in [-0.2, -0.15) is 0 Å². The lowest BCUT2D eigenvalue weighted by atomic mass is 10.2. The number of nitrogens with one attached hydrogen (secondary N) is 2. The zero-order chi connectivity index (χ0) is 15.9. The lowest BCUT2D eigenvalue weighted by molar-refractivity contribution is 0.0938. The summed E-state index contributed by atoms with van der Waals surface area (Å²) in [6, 6.07) is 6.39. The fourth-order valence-electron chi connectivity index (χ4n) is 1.79. The summed E-state index contributed by atoms with van der Waals surface area (Å²) in [6.07, 6.45) is 3.00. The molecule has 2 N–H and O–H groups in total. The van der Waals surface area contributed by atoms with E-state index in [0.717, 1.165) is 3.57 Å². The minimum Gasteiger partial charge on any atom is -0.383 e. The largest absolute Gasteiger partial charge is 0.383 e. The van der Waals surface area contributed by atoms with E-state index in [0.29, 0.717) is 30.1 Å². The van der Waals surface area contributed by atoms with Crippen LogP contribution in [0.1, 0.15) is 10.4 Å². The minimum absolute atomic E-state index is 0.270. The first kappa shape index (κ1) is 16.6. The molecule has 0 aliphatic heterocycles. The van der Waals surface area contributed by atoms with Gasteiger partial charge in [0.2, 0.25) is 0 Å². The Morgan fingerprint density at radius 3 is 2.91 bits per heavy atom. The Bertz CT molecular complexity index is 667. The van der Waals surface area contributed by atoms with E-state index in [4.69, 9.17) is 4.74 Å². The van der Waals surface area contributed by atoms with Crippen LogP contribution >= 0.6 is 22.6 Å². The zero-order valence-corrected chi connectivity index (χ0v) is 14.1. The van der Waals surface area contributed by atoms with Crippen molar-refractivity contribution in [2.24, 2.45) is 0 Å².